The number of nitrogens with one attached hydrogen (secondary N) is 1. The molecule has 1 heterocycles. The Morgan fingerprint density at radius 1 is 1.37 bits per heavy atom. The van der Waals surface area contributed by atoms with Crippen LogP contribution in [0.5, 0.6) is 0 Å². The van der Waals surface area contributed by atoms with Crippen LogP contribution in [0.3, 0.4) is 0 Å². The van der Waals surface area contributed by atoms with E-state index in [1.165, 1.54) is 12.5 Å². The van der Waals surface area contributed by atoms with E-state index < -0.39 is 0 Å². The van der Waals surface area contributed by atoms with Crippen molar-refractivity contribution < 1.29 is 14.0 Å². The van der Waals surface area contributed by atoms with Gasteiger partial charge in [0, 0.05) is 9.26 Å². The molecule has 19 heavy (non-hydrogen) atoms. The number of carbonyl (C=O) groups is 1. The van der Waals surface area contributed by atoms with Crippen LogP contribution in [0.25, 0.3) is 0 Å². The van der Waals surface area contributed by atoms with E-state index in [9.17, 15) is 4.79 Å². The van der Waals surface area contributed by atoms with Crippen LogP contribution in [0.15, 0.2) is 52.2 Å². The highest BCUT2D eigenvalue weighted by Crippen LogP contribution is 2.10. The van der Waals surface area contributed by atoms with Gasteiger partial charge in [-0.3, -0.25) is 4.79 Å². The summed E-state index contributed by atoms with van der Waals surface area (Å²) in [5, 5.41) is 6.33. The summed E-state index contributed by atoms with van der Waals surface area (Å²) in [7, 11) is 0. The van der Waals surface area contributed by atoms with E-state index in [1.54, 1.807) is 12.1 Å². The molecule has 0 aliphatic carbocycles. The van der Waals surface area contributed by atoms with Crippen molar-refractivity contribution in [1.82, 2.24) is 0 Å². The first-order valence-electron chi connectivity index (χ1n) is 5.48. The Morgan fingerprint density at radius 3 is 2.84 bits per heavy atom. The quantitative estimate of drug-likeness (QED) is 0.500. The lowest BCUT2D eigenvalue weighted by Crippen LogP contribution is -2.16. The highest BCUT2D eigenvalue weighted by Gasteiger charge is 2.02. The number of furan rings is 1. The molecule has 5 nitrogen and oxygen atoms in total. The summed E-state index contributed by atoms with van der Waals surface area (Å²) in [6.07, 6.45) is 2.93. The van der Waals surface area contributed by atoms with Crippen LogP contribution in [0.2, 0.25) is 0 Å². The summed E-state index contributed by atoms with van der Waals surface area (Å²) in [6.45, 7) is -0.150. The van der Waals surface area contributed by atoms with Crippen LogP contribution < -0.4 is 5.32 Å². The molecule has 1 aromatic carbocycles. The number of anilines is 1. The molecule has 0 saturated heterocycles. The lowest BCUT2D eigenvalue weighted by atomic mass is 10.3. The van der Waals surface area contributed by atoms with E-state index in [-0.39, 0.29) is 12.5 Å². The zero-order chi connectivity index (χ0) is 13.5. The number of benzene rings is 1. The van der Waals surface area contributed by atoms with Gasteiger partial charge >= 0.3 is 0 Å². The average molecular weight is 370 g/mol. The predicted octanol–water partition coefficient (Wildman–Crippen LogP) is 2.87. The first-order valence-corrected chi connectivity index (χ1v) is 6.56. The molecule has 0 aliphatic heterocycles. The number of amides is 1. The fourth-order valence-electron chi connectivity index (χ4n) is 1.28. The van der Waals surface area contributed by atoms with E-state index in [0.717, 1.165) is 9.26 Å². The summed E-state index contributed by atoms with van der Waals surface area (Å²) in [6, 6.07) is 10.9. The Hall–Kier alpha value is -1.83. The van der Waals surface area contributed by atoms with Crippen LogP contribution >= 0.6 is 22.6 Å². The molecule has 0 atom stereocenters. The monoisotopic (exact) mass is 370 g/mol. The van der Waals surface area contributed by atoms with Crippen molar-refractivity contribution in [3.05, 3.63) is 52.0 Å². The molecular formula is C13H11IN2O3. The number of carbonyl (C=O) groups excluding carboxylic acids is 1. The van der Waals surface area contributed by atoms with Crippen molar-refractivity contribution in [2.45, 2.75) is 0 Å². The van der Waals surface area contributed by atoms with Crippen molar-refractivity contribution in [3.8, 4) is 0 Å². The second kappa shape index (κ2) is 6.93. The second-order valence-electron chi connectivity index (χ2n) is 3.58. The summed E-state index contributed by atoms with van der Waals surface area (Å²) < 4.78 is 6.12. The number of rotatable bonds is 5. The molecule has 0 fully saturated rings. The Balaban J connectivity index is 1.74. The van der Waals surface area contributed by atoms with Crippen LogP contribution in [-0.2, 0) is 9.63 Å². The van der Waals surface area contributed by atoms with E-state index in [2.05, 4.69) is 33.1 Å². The number of hydrogen-bond donors (Lipinski definition) is 1. The predicted molar refractivity (Wildman–Crippen MR) is 80.0 cm³/mol. The molecule has 1 aromatic heterocycles. The molecule has 0 radical (unpaired) electrons. The fraction of sp³-hybridized carbons (Fsp3) is 0.0769. The molecule has 0 unspecified atom stereocenters. The molecular weight excluding hydrogens is 359 g/mol. The molecule has 6 heteroatoms. The van der Waals surface area contributed by atoms with Gasteiger partial charge in [-0.25, -0.2) is 0 Å². The zero-order valence-electron chi connectivity index (χ0n) is 9.88. The van der Waals surface area contributed by atoms with Gasteiger partial charge in [0.25, 0.3) is 5.91 Å². The topological polar surface area (TPSA) is 63.8 Å². The lowest BCUT2D eigenvalue weighted by molar-refractivity contribution is -0.120. The zero-order valence-corrected chi connectivity index (χ0v) is 12.0. The Morgan fingerprint density at radius 2 is 2.16 bits per heavy atom. The number of hydrogen-bond acceptors (Lipinski definition) is 4. The number of halogens is 1. The van der Waals surface area contributed by atoms with E-state index >= 15 is 0 Å². The van der Waals surface area contributed by atoms with Gasteiger partial charge in [0.15, 0.2) is 6.61 Å². The van der Waals surface area contributed by atoms with Crippen molar-refractivity contribution in [3.63, 3.8) is 0 Å². The Bertz CT molecular complexity index is 550. The van der Waals surface area contributed by atoms with Gasteiger partial charge in [-0.2, -0.15) is 0 Å². The molecule has 1 N–H and O–H groups in total. The molecule has 0 bridgehead atoms. The summed E-state index contributed by atoms with van der Waals surface area (Å²) >= 11 is 2.20. The Labute approximate surface area is 123 Å². The van der Waals surface area contributed by atoms with E-state index in [4.69, 9.17) is 9.25 Å². The summed E-state index contributed by atoms with van der Waals surface area (Å²) in [4.78, 5) is 16.4. The largest absolute Gasteiger partial charge is 0.463 e. The van der Waals surface area contributed by atoms with E-state index in [0.29, 0.717) is 5.76 Å². The van der Waals surface area contributed by atoms with Gasteiger partial charge < -0.3 is 14.6 Å². The molecule has 2 rings (SSSR count). The maximum atomic E-state index is 11.5. The summed E-state index contributed by atoms with van der Waals surface area (Å²) in [5.74, 6) is 0.302. The standard InChI is InChI=1S/C13H11IN2O3/c14-10-3-5-11(6-4-10)16-13(17)9-19-15-8-12-2-1-7-18-12/h1-8H,9H2,(H,16,17)/b15-8+. The first kappa shape index (κ1) is 13.6. The molecule has 0 saturated carbocycles. The van der Waals surface area contributed by atoms with Crippen LogP contribution in [-0.4, -0.2) is 18.7 Å². The van der Waals surface area contributed by atoms with Crippen molar-refractivity contribution in [2.24, 2.45) is 5.16 Å². The maximum Gasteiger partial charge on any atom is 0.265 e. The van der Waals surface area contributed by atoms with Crippen molar-refractivity contribution >= 4 is 40.4 Å². The number of oxime groups is 1. The minimum Gasteiger partial charge on any atom is -0.463 e. The second-order valence-corrected chi connectivity index (χ2v) is 4.82. The van der Waals surface area contributed by atoms with Gasteiger partial charge in [-0.1, -0.05) is 5.16 Å². The molecule has 1 amide bonds. The number of nitrogens with zero attached hydrogens (tertiary/aromatic N) is 1. The van der Waals surface area contributed by atoms with E-state index in [1.807, 2.05) is 24.3 Å². The van der Waals surface area contributed by atoms with Gasteiger partial charge in [-0.05, 0) is 59.0 Å². The molecule has 98 valence electrons. The maximum absolute atomic E-state index is 11.5. The lowest BCUT2D eigenvalue weighted by Gasteiger charge is -2.03. The smallest absolute Gasteiger partial charge is 0.265 e. The molecule has 2 aromatic rings. The van der Waals surface area contributed by atoms with Gasteiger partial charge in [0.1, 0.15) is 12.0 Å². The van der Waals surface area contributed by atoms with Gasteiger partial charge in [0.2, 0.25) is 0 Å². The molecule has 0 spiro atoms. The third-order valence-electron chi connectivity index (χ3n) is 2.12. The minimum absolute atomic E-state index is 0.150. The first-order chi connectivity index (χ1) is 9.24. The Kier molecular flexibility index (Phi) is 4.96. The molecule has 0 aliphatic rings. The fourth-order valence-corrected chi connectivity index (χ4v) is 1.64. The van der Waals surface area contributed by atoms with Crippen LogP contribution in [0.4, 0.5) is 5.69 Å². The SMILES string of the molecule is O=C(CO/N=C/c1ccco1)Nc1ccc(I)cc1. The van der Waals surface area contributed by atoms with Gasteiger partial charge in [-0.15, -0.1) is 0 Å². The van der Waals surface area contributed by atoms with Crippen LogP contribution in [0, 0.1) is 3.57 Å². The highest BCUT2D eigenvalue weighted by atomic mass is 127. The average Bonchev–Trinajstić information content (AvgIpc) is 2.91. The highest BCUT2D eigenvalue weighted by molar-refractivity contribution is 14.1. The minimum atomic E-state index is -0.266. The third-order valence-corrected chi connectivity index (χ3v) is 2.84. The van der Waals surface area contributed by atoms with Crippen LogP contribution in [0.1, 0.15) is 5.76 Å². The third kappa shape index (κ3) is 4.74. The van der Waals surface area contributed by atoms with Crippen molar-refractivity contribution in [1.29, 1.82) is 0 Å². The summed E-state index contributed by atoms with van der Waals surface area (Å²) in [5.41, 5.74) is 0.726. The van der Waals surface area contributed by atoms with Gasteiger partial charge in [0.05, 0.1) is 6.26 Å². The normalized spacial score (nSPS) is 10.6. The van der Waals surface area contributed by atoms with Crippen molar-refractivity contribution in [2.75, 3.05) is 11.9 Å².